The van der Waals surface area contributed by atoms with Gasteiger partial charge in [0.05, 0.1) is 0 Å². The van der Waals surface area contributed by atoms with Crippen LogP contribution in [0.5, 0.6) is 0 Å². The molecule has 0 amide bonds. The van der Waals surface area contributed by atoms with Gasteiger partial charge in [-0.15, -0.1) is 0 Å². The van der Waals surface area contributed by atoms with Gasteiger partial charge in [-0.25, -0.2) is 8.78 Å². The molecule has 1 heterocycles. The van der Waals surface area contributed by atoms with Gasteiger partial charge in [-0.3, -0.25) is 0 Å². The summed E-state index contributed by atoms with van der Waals surface area (Å²) in [7, 11) is 0. The molecule has 0 aromatic heterocycles. The van der Waals surface area contributed by atoms with Gasteiger partial charge in [0, 0.05) is 19.4 Å². The van der Waals surface area contributed by atoms with Crippen LogP contribution in [0.2, 0.25) is 0 Å². The third-order valence-corrected chi connectivity index (χ3v) is 1.81. The minimum atomic E-state index is -2.41. The van der Waals surface area contributed by atoms with E-state index < -0.39 is 5.92 Å². The largest absolute Gasteiger partial charge is 0.317 e. The number of alkyl halides is 2. The van der Waals surface area contributed by atoms with E-state index in [2.05, 4.69) is 5.32 Å². The van der Waals surface area contributed by atoms with E-state index in [1.807, 2.05) is 0 Å². The van der Waals surface area contributed by atoms with Crippen molar-refractivity contribution < 1.29 is 8.78 Å². The summed E-state index contributed by atoms with van der Waals surface area (Å²) in [5, 5.41) is 2.96. The van der Waals surface area contributed by atoms with E-state index in [0.29, 0.717) is 13.0 Å². The second-order valence-electron chi connectivity index (χ2n) is 2.81. The molecule has 1 saturated heterocycles. The fourth-order valence-corrected chi connectivity index (χ4v) is 1.15. The predicted molar refractivity (Wildman–Crippen MR) is 36.3 cm³/mol. The average molecular weight is 149 g/mol. The normalized spacial score (nSPS) is 27.0. The lowest BCUT2D eigenvalue weighted by Crippen LogP contribution is -2.28. The van der Waals surface area contributed by atoms with Gasteiger partial charge in [-0.1, -0.05) is 0 Å². The SMILES string of the molecule is FC1(F)CCCCNCC1. The molecule has 1 N–H and O–H groups in total. The molecular formula is C7H13F2N. The molecule has 0 bridgehead atoms. The number of halogens is 2. The van der Waals surface area contributed by atoms with Crippen molar-refractivity contribution in [3.05, 3.63) is 0 Å². The molecule has 0 atom stereocenters. The van der Waals surface area contributed by atoms with Crippen LogP contribution in [0.15, 0.2) is 0 Å². The zero-order chi connectivity index (χ0) is 7.45. The van der Waals surface area contributed by atoms with Gasteiger partial charge in [0.25, 0.3) is 0 Å². The minimum Gasteiger partial charge on any atom is -0.317 e. The Bertz CT molecular complexity index is 93.8. The van der Waals surface area contributed by atoms with Crippen molar-refractivity contribution in [1.82, 2.24) is 5.32 Å². The Morgan fingerprint density at radius 2 is 1.80 bits per heavy atom. The van der Waals surface area contributed by atoms with Crippen molar-refractivity contribution in [2.75, 3.05) is 13.1 Å². The Balaban J connectivity index is 2.30. The molecule has 0 spiro atoms. The highest BCUT2D eigenvalue weighted by Gasteiger charge is 2.27. The Morgan fingerprint density at radius 3 is 2.60 bits per heavy atom. The molecule has 0 saturated carbocycles. The molecule has 1 rings (SSSR count). The minimum absolute atomic E-state index is 0.00694. The monoisotopic (exact) mass is 149 g/mol. The Hall–Kier alpha value is -0.180. The van der Waals surface area contributed by atoms with Crippen LogP contribution >= 0.6 is 0 Å². The Kier molecular flexibility index (Phi) is 2.60. The third kappa shape index (κ3) is 2.60. The molecule has 0 aromatic carbocycles. The maximum Gasteiger partial charge on any atom is 0.249 e. The van der Waals surface area contributed by atoms with Crippen LogP contribution in [0.4, 0.5) is 8.78 Å². The van der Waals surface area contributed by atoms with Crippen LogP contribution in [0.1, 0.15) is 25.7 Å². The van der Waals surface area contributed by atoms with Crippen molar-refractivity contribution in [2.45, 2.75) is 31.6 Å². The van der Waals surface area contributed by atoms with Gasteiger partial charge < -0.3 is 5.32 Å². The second-order valence-corrected chi connectivity index (χ2v) is 2.81. The average Bonchev–Trinajstić information content (AvgIpc) is 1.81. The zero-order valence-electron chi connectivity index (χ0n) is 6.00. The zero-order valence-corrected chi connectivity index (χ0v) is 6.00. The van der Waals surface area contributed by atoms with E-state index in [0.717, 1.165) is 13.0 Å². The quantitative estimate of drug-likeness (QED) is 0.553. The molecule has 10 heavy (non-hydrogen) atoms. The van der Waals surface area contributed by atoms with Crippen LogP contribution in [-0.4, -0.2) is 19.0 Å². The van der Waals surface area contributed by atoms with Crippen LogP contribution < -0.4 is 5.32 Å². The van der Waals surface area contributed by atoms with E-state index in [4.69, 9.17) is 0 Å². The highest BCUT2D eigenvalue weighted by Crippen LogP contribution is 2.25. The van der Waals surface area contributed by atoms with E-state index in [1.165, 1.54) is 0 Å². The van der Waals surface area contributed by atoms with Gasteiger partial charge in [-0.2, -0.15) is 0 Å². The van der Waals surface area contributed by atoms with Gasteiger partial charge in [-0.05, 0) is 19.4 Å². The van der Waals surface area contributed by atoms with Crippen molar-refractivity contribution in [3.63, 3.8) is 0 Å². The molecule has 1 nitrogen and oxygen atoms in total. The molecule has 0 radical (unpaired) electrons. The first-order valence-electron chi connectivity index (χ1n) is 3.79. The molecule has 3 heteroatoms. The predicted octanol–water partition coefficient (Wildman–Crippen LogP) is 1.79. The maximum absolute atomic E-state index is 12.6. The van der Waals surface area contributed by atoms with Gasteiger partial charge >= 0.3 is 0 Å². The van der Waals surface area contributed by atoms with E-state index in [1.54, 1.807) is 0 Å². The first-order chi connectivity index (χ1) is 4.71. The van der Waals surface area contributed by atoms with Crippen LogP contribution in [0.25, 0.3) is 0 Å². The molecular weight excluding hydrogens is 136 g/mol. The molecule has 0 aromatic rings. The Labute approximate surface area is 59.8 Å². The second kappa shape index (κ2) is 3.28. The summed E-state index contributed by atoms with van der Waals surface area (Å²) in [6, 6.07) is 0. The number of hydrogen-bond acceptors (Lipinski definition) is 1. The van der Waals surface area contributed by atoms with E-state index in [9.17, 15) is 8.78 Å². The van der Waals surface area contributed by atoms with Gasteiger partial charge in [0.1, 0.15) is 0 Å². The molecule has 0 aliphatic carbocycles. The molecule has 1 fully saturated rings. The van der Waals surface area contributed by atoms with Crippen LogP contribution in [0.3, 0.4) is 0 Å². The van der Waals surface area contributed by atoms with Crippen LogP contribution in [-0.2, 0) is 0 Å². The Morgan fingerprint density at radius 1 is 1.00 bits per heavy atom. The lowest BCUT2D eigenvalue weighted by molar-refractivity contribution is -0.0207. The number of rotatable bonds is 0. The summed E-state index contributed by atoms with van der Waals surface area (Å²) in [6.07, 6.45) is 1.62. The molecule has 1 aliphatic rings. The summed E-state index contributed by atoms with van der Waals surface area (Å²) in [5.74, 6) is -2.41. The van der Waals surface area contributed by atoms with E-state index in [-0.39, 0.29) is 12.8 Å². The lowest BCUT2D eigenvalue weighted by atomic mass is 10.1. The third-order valence-electron chi connectivity index (χ3n) is 1.81. The first kappa shape index (κ1) is 7.92. The summed E-state index contributed by atoms with van der Waals surface area (Å²) < 4.78 is 25.2. The highest BCUT2D eigenvalue weighted by molar-refractivity contribution is 4.70. The molecule has 60 valence electrons. The first-order valence-corrected chi connectivity index (χ1v) is 3.79. The molecule has 0 unspecified atom stereocenters. The molecule has 1 aliphatic heterocycles. The summed E-state index contributed by atoms with van der Waals surface area (Å²) in [6.45, 7) is 1.36. The van der Waals surface area contributed by atoms with Crippen molar-refractivity contribution in [2.24, 2.45) is 0 Å². The summed E-state index contributed by atoms with van der Waals surface area (Å²) in [4.78, 5) is 0. The summed E-state index contributed by atoms with van der Waals surface area (Å²) >= 11 is 0. The van der Waals surface area contributed by atoms with E-state index >= 15 is 0 Å². The van der Waals surface area contributed by atoms with Gasteiger partial charge in [0.15, 0.2) is 0 Å². The maximum atomic E-state index is 12.6. The highest BCUT2D eigenvalue weighted by atomic mass is 19.3. The fraction of sp³-hybridized carbons (Fsp3) is 1.00. The number of hydrogen-bond donors (Lipinski definition) is 1. The number of nitrogens with one attached hydrogen (secondary N) is 1. The van der Waals surface area contributed by atoms with Crippen LogP contribution in [0, 0.1) is 0 Å². The standard InChI is InChI=1S/C7H13F2N/c8-7(9)3-1-2-5-10-6-4-7/h10H,1-6H2. The van der Waals surface area contributed by atoms with Crippen molar-refractivity contribution in [3.8, 4) is 0 Å². The van der Waals surface area contributed by atoms with Gasteiger partial charge in [0.2, 0.25) is 5.92 Å². The summed E-state index contributed by atoms with van der Waals surface area (Å²) in [5.41, 5.74) is 0. The fourth-order valence-electron chi connectivity index (χ4n) is 1.15. The smallest absolute Gasteiger partial charge is 0.249 e. The van der Waals surface area contributed by atoms with Crippen molar-refractivity contribution in [1.29, 1.82) is 0 Å². The topological polar surface area (TPSA) is 12.0 Å². The lowest BCUT2D eigenvalue weighted by Gasteiger charge is -2.19. The van der Waals surface area contributed by atoms with Crippen molar-refractivity contribution >= 4 is 0 Å².